The van der Waals surface area contributed by atoms with Gasteiger partial charge in [0, 0.05) is 48.2 Å². The normalized spacial score (nSPS) is 18.6. The minimum Gasteiger partial charge on any atom is -0.351 e. The van der Waals surface area contributed by atoms with Gasteiger partial charge in [0.1, 0.15) is 29.5 Å². The Labute approximate surface area is 242 Å². The molecular formula is C29H22ClF4N5O3. The first-order valence-corrected chi connectivity index (χ1v) is 13.3. The molecular weight excluding hydrogens is 578 g/mol. The van der Waals surface area contributed by atoms with Crippen molar-refractivity contribution < 1.29 is 31.9 Å². The fraction of sp³-hybridized carbons (Fsp3) is 0.276. The van der Waals surface area contributed by atoms with E-state index in [1.54, 1.807) is 6.07 Å². The summed E-state index contributed by atoms with van der Waals surface area (Å²) in [7, 11) is 0. The van der Waals surface area contributed by atoms with Crippen molar-refractivity contribution in [3.63, 3.8) is 0 Å². The van der Waals surface area contributed by atoms with Crippen LogP contribution in [0.2, 0.25) is 5.02 Å². The predicted molar refractivity (Wildman–Crippen MR) is 144 cm³/mol. The number of halogens is 5. The number of carbonyl (C=O) groups excluding carboxylic acids is 3. The number of rotatable bonds is 7. The van der Waals surface area contributed by atoms with Crippen LogP contribution in [0, 0.1) is 23.0 Å². The zero-order valence-corrected chi connectivity index (χ0v) is 22.5. The molecule has 3 amide bonds. The van der Waals surface area contributed by atoms with Crippen LogP contribution >= 0.6 is 11.6 Å². The highest BCUT2D eigenvalue weighted by molar-refractivity contribution is 6.31. The number of hydrogen-bond acceptors (Lipinski definition) is 5. The SMILES string of the molecule is N#Cc1ccnc(N2C(=O)CCC2C(=O)N(c2cc(F)cc(F)c2)[C@H](C(=O)NC2CC(F)(F)C2)c2ccccc2Cl)c1. The van der Waals surface area contributed by atoms with Gasteiger partial charge in [-0.05, 0) is 36.8 Å². The fourth-order valence-electron chi connectivity index (χ4n) is 5.20. The van der Waals surface area contributed by atoms with Gasteiger partial charge in [-0.3, -0.25) is 24.2 Å². The molecule has 2 aliphatic rings. The number of aromatic nitrogens is 1. The van der Waals surface area contributed by atoms with E-state index in [4.69, 9.17) is 11.6 Å². The molecule has 0 spiro atoms. The molecule has 1 saturated heterocycles. The molecule has 0 bridgehead atoms. The lowest BCUT2D eigenvalue weighted by molar-refractivity contribution is -0.133. The molecule has 2 fully saturated rings. The van der Waals surface area contributed by atoms with Crippen molar-refractivity contribution >= 4 is 40.8 Å². The summed E-state index contributed by atoms with van der Waals surface area (Å²) in [5, 5.41) is 11.8. The fourth-order valence-corrected chi connectivity index (χ4v) is 5.44. The largest absolute Gasteiger partial charge is 0.351 e. The summed E-state index contributed by atoms with van der Waals surface area (Å²) in [6.07, 6.45) is -0.101. The minimum absolute atomic E-state index is 0.00397. The number of pyridine rings is 1. The van der Waals surface area contributed by atoms with Gasteiger partial charge in [0.2, 0.25) is 11.8 Å². The summed E-state index contributed by atoms with van der Waals surface area (Å²) in [6, 6.07) is 8.97. The zero-order chi connectivity index (χ0) is 30.2. The first kappa shape index (κ1) is 29.0. The Balaban J connectivity index is 1.63. The maximum atomic E-state index is 14.5. The summed E-state index contributed by atoms with van der Waals surface area (Å²) in [4.78, 5) is 47.2. The Bertz CT molecular complexity index is 1590. The third-order valence-corrected chi connectivity index (χ3v) is 7.47. The van der Waals surface area contributed by atoms with Crippen LogP contribution in [-0.4, -0.2) is 40.7 Å². The Hall–Kier alpha value is -4.50. The van der Waals surface area contributed by atoms with Gasteiger partial charge in [0.05, 0.1) is 17.3 Å². The van der Waals surface area contributed by atoms with Gasteiger partial charge in [0.25, 0.3) is 11.8 Å². The topological polar surface area (TPSA) is 106 Å². The lowest BCUT2D eigenvalue weighted by Gasteiger charge is -2.39. The van der Waals surface area contributed by atoms with E-state index >= 15 is 0 Å². The molecule has 1 unspecified atom stereocenters. The zero-order valence-electron chi connectivity index (χ0n) is 21.7. The first-order valence-electron chi connectivity index (χ1n) is 12.9. The van der Waals surface area contributed by atoms with E-state index in [9.17, 15) is 37.2 Å². The molecule has 1 aliphatic carbocycles. The molecule has 0 radical (unpaired) electrons. The lowest BCUT2D eigenvalue weighted by Crippen LogP contribution is -2.56. The molecule has 1 aromatic heterocycles. The van der Waals surface area contributed by atoms with E-state index in [0.29, 0.717) is 6.07 Å². The number of alkyl halides is 2. The Kier molecular flexibility index (Phi) is 7.88. The number of nitrogens with one attached hydrogen (secondary N) is 1. The summed E-state index contributed by atoms with van der Waals surface area (Å²) in [5.74, 6) is -7.40. The van der Waals surface area contributed by atoms with E-state index in [-0.39, 0.29) is 40.5 Å². The van der Waals surface area contributed by atoms with Gasteiger partial charge < -0.3 is 5.32 Å². The van der Waals surface area contributed by atoms with Crippen molar-refractivity contribution in [1.29, 1.82) is 5.26 Å². The predicted octanol–water partition coefficient (Wildman–Crippen LogP) is 5.07. The number of anilines is 2. The van der Waals surface area contributed by atoms with E-state index in [0.717, 1.165) is 21.9 Å². The molecule has 216 valence electrons. The number of carbonyl (C=O) groups is 3. The van der Waals surface area contributed by atoms with Crippen molar-refractivity contribution in [3.8, 4) is 6.07 Å². The highest BCUT2D eigenvalue weighted by atomic mass is 35.5. The average molecular weight is 600 g/mol. The molecule has 2 aromatic carbocycles. The summed E-state index contributed by atoms with van der Waals surface area (Å²) < 4.78 is 56.2. The van der Waals surface area contributed by atoms with E-state index in [1.807, 2.05) is 6.07 Å². The Morgan fingerprint density at radius 3 is 2.45 bits per heavy atom. The standard InChI is InChI=1S/C29H22ClF4N5O3/c30-22-4-2-1-3-21(22)26(27(41)37-19-13-29(33,34)14-19)38(20-11-17(31)10-18(32)12-20)28(42)23-5-6-25(40)39(23)24-9-16(15-35)7-8-36-24/h1-4,7-12,19,23,26H,5-6,13-14H2,(H,37,41)/t23?,26-/m0/s1. The highest BCUT2D eigenvalue weighted by Crippen LogP contribution is 2.40. The molecule has 8 nitrogen and oxygen atoms in total. The van der Waals surface area contributed by atoms with Crippen LogP contribution in [0.4, 0.5) is 29.1 Å². The molecule has 2 heterocycles. The van der Waals surface area contributed by atoms with E-state index < -0.39 is 66.2 Å². The maximum absolute atomic E-state index is 14.5. The summed E-state index contributed by atoms with van der Waals surface area (Å²) >= 11 is 6.44. The van der Waals surface area contributed by atoms with Crippen LogP contribution in [0.25, 0.3) is 0 Å². The Morgan fingerprint density at radius 1 is 1.12 bits per heavy atom. The molecule has 42 heavy (non-hydrogen) atoms. The lowest BCUT2D eigenvalue weighted by atomic mass is 9.87. The summed E-state index contributed by atoms with van der Waals surface area (Å²) in [6.45, 7) is 0. The quantitative estimate of drug-likeness (QED) is 0.382. The van der Waals surface area contributed by atoms with Crippen molar-refractivity contribution in [2.24, 2.45) is 0 Å². The molecule has 1 aliphatic heterocycles. The molecule has 3 aromatic rings. The number of hydrogen-bond donors (Lipinski definition) is 1. The maximum Gasteiger partial charge on any atom is 0.252 e. The number of nitriles is 1. The molecule has 2 atom stereocenters. The molecule has 13 heteroatoms. The monoisotopic (exact) mass is 599 g/mol. The van der Waals surface area contributed by atoms with Gasteiger partial charge in [-0.2, -0.15) is 5.26 Å². The second-order valence-corrected chi connectivity index (χ2v) is 10.5. The van der Waals surface area contributed by atoms with Crippen LogP contribution < -0.4 is 15.1 Å². The number of amides is 3. The third kappa shape index (κ3) is 5.78. The molecule has 1 N–H and O–H groups in total. The summed E-state index contributed by atoms with van der Waals surface area (Å²) in [5.41, 5.74) is -0.142. The molecule has 1 saturated carbocycles. The van der Waals surface area contributed by atoms with E-state index in [1.165, 1.54) is 36.5 Å². The Morgan fingerprint density at radius 2 is 1.81 bits per heavy atom. The van der Waals surface area contributed by atoms with Gasteiger partial charge in [-0.25, -0.2) is 22.5 Å². The van der Waals surface area contributed by atoms with Crippen LogP contribution in [0.1, 0.15) is 42.9 Å². The average Bonchev–Trinajstić information content (AvgIpc) is 3.31. The highest BCUT2D eigenvalue weighted by Gasteiger charge is 2.48. The smallest absolute Gasteiger partial charge is 0.252 e. The van der Waals surface area contributed by atoms with Gasteiger partial charge in [-0.15, -0.1) is 0 Å². The second-order valence-electron chi connectivity index (χ2n) is 10.1. The second kappa shape index (κ2) is 11.4. The van der Waals surface area contributed by atoms with Crippen molar-refractivity contribution in [1.82, 2.24) is 10.3 Å². The van der Waals surface area contributed by atoms with Crippen LogP contribution in [0.5, 0.6) is 0 Å². The van der Waals surface area contributed by atoms with Gasteiger partial charge in [0.15, 0.2) is 0 Å². The third-order valence-electron chi connectivity index (χ3n) is 7.12. The van der Waals surface area contributed by atoms with Crippen LogP contribution in [-0.2, 0) is 14.4 Å². The van der Waals surface area contributed by atoms with Gasteiger partial charge >= 0.3 is 0 Å². The van der Waals surface area contributed by atoms with Gasteiger partial charge in [-0.1, -0.05) is 29.8 Å². The van der Waals surface area contributed by atoms with Crippen molar-refractivity contribution in [2.45, 2.75) is 49.7 Å². The van der Waals surface area contributed by atoms with Crippen LogP contribution in [0.3, 0.4) is 0 Å². The van der Waals surface area contributed by atoms with E-state index in [2.05, 4.69) is 10.3 Å². The van der Waals surface area contributed by atoms with Crippen molar-refractivity contribution in [2.75, 3.05) is 9.80 Å². The van der Waals surface area contributed by atoms with Crippen molar-refractivity contribution in [3.05, 3.63) is 88.6 Å². The number of nitrogens with zero attached hydrogens (tertiary/aromatic N) is 4. The molecule has 5 rings (SSSR count). The number of benzene rings is 2. The van der Waals surface area contributed by atoms with Crippen LogP contribution in [0.15, 0.2) is 60.8 Å². The minimum atomic E-state index is -2.96. The first-order chi connectivity index (χ1) is 20.0.